The van der Waals surface area contributed by atoms with Gasteiger partial charge in [0.05, 0.1) is 0 Å². The zero-order valence-corrected chi connectivity index (χ0v) is 14.5. The molecule has 1 atom stereocenters. The minimum atomic E-state index is -0.730. The first-order valence-corrected chi connectivity index (χ1v) is 9.46. The Bertz CT molecular complexity index is 465. The average molecular weight is 312 g/mol. The second-order valence-corrected chi connectivity index (χ2v) is 6.75. The summed E-state index contributed by atoms with van der Waals surface area (Å²) in [6, 6.07) is 0. The smallest absolute Gasteiger partial charge is 0.134 e. The van der Waals surface area contributed by atoms with Crippen LogP contribution in [0.3, 0.4) is 0 Å². The molecule has 1 heterocycles. The van der Waals surface area contributed by atoms with Crippen LogP contribution < -0.4 is 10.6 Å². The molecule has 0 fully saturated rings. The van der Waals surface area contributed by atoms with Gasteiger partial charge in [0, 0.05) is 47.9 Å². The van der Waals surface area contributed by atoms with Gasteiger partial charge in [0.15, 0.2) is 0 Å². The van der Waals surface area contributed by atoms with Crippen LogP contribution in [-0.2, 0) is 17.2 Å². The molecular weight excluding hydrogens is 284 g/mol. The third-order valence-electron chi connectivity index (χ3n) is 3.11. The van der Waals surface area contributed by atoms with Crippen LogP contribution in [-0.4, -0.2) is 39.3 Å². The van der Waals surface area contributed by atoms with Crippen molar-refractivity contribution in [1.29, 1.82) is 0 Å². The van der Waals surface area contributed by atoms with E-state index in [0.717, 1.165) is 67.5 Å². The Labute approximate surface area is 130 Å². The van der Waals surface area contributed by atoms with Crippen LogP contribution in [0.5, 0.6) is 0 Å². The number of aromatic nitrogens is 2. The highest BCUT2D eigenvalue weighted by molar-refractivity contribution is 7.84. The summed E-state index contributed by atoms with van der Waals surface area (Å²) >= 11 is 0. The number of nitrogens with zero attached hydrogens (tertiary/aromatic N) is 2. The topological polar surface area (TPSA) is 66.9 Å². The van der Waals surface area contributed by atoms with E-state index < -0.39 is 10.8 Å². The maximum absolute atomic E-state index is 11.1. The highest BCUT2D eigenvalue weighted by Gasteiger charge is 2.10. The Morgan fingerprint density at radius 1 is 1.05 bits per heavy atom. The second-order valence-electron chi connectivity index (χ2n) is 5.20. The molecule has 1 unspecified atom stereocenters. The molecule has 0 spiro atoms. The Kier molecular flexibility index (Phi) is 8.27. The fourth-order valence-corrected chi connectivity index (χ4v) is 2.52. The number of anilines is 2. The molecule has 0 saturated carbocycles. The van der Waals surface area contributed by atoms with Crippen LogP contribution in [0.25, 0.3) is 0 Å². The molecule has 0 aliphatic carbocycles. The van der Waals surface area contributed by atoms with Crippen molar-refractivity contribution in [2.24, 2.45) is 0 Å². The van der Waals surface area contributed by atoms with Gasteiger partial charge in [-0.15, -0.1) is 0 Å². The second kappa shape index (κ2) is 9.71. The summed E-state index contributed by atoms with van der Waals surface area (Å²) in [5.41, 5.74) is 1.06. The molecule has 0 saturated heterocycles. The lowest BCUT2D eigenvalue weighted by Gasteiger charge is -2.14. The predicted molar refractivity (Wildman–Crippen MR) is 91.6 cm³/mol. The average Bonchev–Trinajstić information content (AvgIpc) is 2.44. The number of rotatable bonds is 10. The normalized spacial score (nSPS) is 12.2. The minimum Gasteiger partial charge on any atom is -0.370 e. The third-order valence-corrected chi connectivity index (χ3v) is 3.97. The van der Waals surface area contributed by atoms with Gasteiger partial charge in [-0.3, -0.25) is 4.21 Å². The Balaban J connectivity index is 2.78. The fourth-order valence-electron chi connectivity index (χ4n) is 1.97. The monoisotopic (exact) mass is 312 g/mol. The summed E-state index contributed by atoms with van der Waals surface area (Å²) in [4.78, 5) is 9.22. The van der Waals surface area contributed by atoms with E-state index in [4.69, 9.17) is 0 Å². The maximum Gasteiger partial charge on any atom is 0.134 e. The lowest BCUT2D eigenvalue weighted by Crippen LogP contribution is -2.13. The number of nitrogens with one attached hydrogen (secondary N) is 2. The third kappa shape index (κ3) is 6.42. The van der Waals surface area contributed by atoms with Gasteiger partial charge in [-0.2, -0.15) is 0 Å². The standard InChI is InChI=1S/C15H28N4OS/c1-5-8-13-18-14(16-9-6-2)12(3)15(19-13)17-10-7-11-21(4)20/h5-11H2,1-4H3,(H2,16,17,18,19). The Morgan fingerprint density at radius 2 is 1.67 bits per heavy atom. The Morgan fingerprint density at radius 3 is 2.19 bits per heavy atom. The van der Waals surface area contributed by atoms with E-state index in [1.165, 1.54) is 0 Å². The van der Waals surface area contributed by atoms with Crippen molar-refractivity contribution in [2.45, 2.75) is 46.5 Å². The summed E-state index contributed by atoms with van der Waals surface area (Å²) < 4.78 is 11.1. The number of aryl methyl sites for hydroxylation is 1. The summed E-state index contributed by atoms with van der Waals surface area (Å²) in [6.45, 7) is 8.01. The van der Waals surface area contributed by atoms with E-state index >= 15 is 0 Å². The van der Waals surface area contributed by atoms with Gasteiger partial charge in [0.25, 0.3) is 0 Å². The lowest BCUT2D eigenvalue weighted by atomic mass is 10.2. The van der Waals surface area contributed by atoms with Crippen LogP contribution >= 0.6 is 0 Å². The first-order valence-electron chi connectivity index (χ1n) is 7.73. The van der Waals surface area contributed by atoms with Crippen molar-refractivity contribution >= 4 is 22.4 Å². The van der Waals surface area contributed by atoms with Crippen LogP contribution in [0.2, 0.25) is 0 Å². The predicted octanol–water partition coefficient (Wildman–Crippen LogP) is 2.74. The van der Waals surface area contributed by atoms with E-state index in [1.54, 1.807) is 6.26 Å². The first kappa shape index (κ1) is 17.9. The molecular formula is C15H28N4OS. The van der Waals surface area contributed by atoms with Crippen molar-refractivity contribution < 1.29 is 4.21 Å². The molecule has 0 aliphatic rings. The molecule has 0 bridgehead atoms. The van der Waals surface area contributed by atoms with E-state index in [-0.39, 0.29) is 0 Å². The zero-order valence-electron chi connectivity index (χ0n) is 13.7. The molecule has 21 heavy (non-hydrogen) atoms. The summed E-state index contributed by atoms with van der Waals surface area (Å²) in [7, 11) is -0.730. The van der Waals surface area contributed by atoms with Crippen LogP contribution in [0.4, 0.5) is 11.6 Å². The minimum absolute atomic E-state index is 0.722. The molecule has 6 heteroatoms. The SMILES string of the molecule is CCCNc1nc(CCC)nc(NCCCS(C)=O)c1C. The van der Waals surface area contributed by atoms with E-state index in [9.17, 15) is 4.21 Å². The summed E-state index contributed by atoms with van der Waals surface area (Å²) in [6.07, 6.45) is 5.60. The van der Waals surface area contributed by atoms with Crippen molar-refractivity contribution in [3.8, 4) is 0 Å². The van der Waals surface area contributed by atoms with Gasteiger partial charge in [0.1, 0.15) is 17.5 Å². The molecule has 1 aromatic heterocycles. The number of hydrogen-bond donors (Lipinski definition) is 2. The van der Waals surface area contributed by atoms with Crippen LogP contribution in [0.1, 0.15) is 44.5 Å². The van der Waals surface area contributed by atoms with Gasteiger partial charge in [-0.25, -0.2) is 9.97 Å². The van der Waals surface area contributed by atoms with Crippen LogP contribution in [0, 0.1) is 6.92 Å². The van der Waals surface area contributed by atoms with Crippen molar-refractivity contribution in [3.63, 3.8) is 0 Å². The van der Waals surface area contributed by atoms with Crippen molar-refractivity contribution in [1.82, 2.24) is 9.97 Å². The molecule has 1 aromatic rings. The zero-order chi connectivity index (χ0) is 15.7. The molecule has 0 aliphatic heterocycles. The van der Waals surface area contributed by atoms with Gasteiger partial charge < -0.3 is 10.6 Å². The molecule has 0 radical (unpaired) electrons. The maximum atomic E-state index is 11.1. The van der Waals surface area contributed by atoms with Gasteiger partial charge in [0.2, 0.25) is 0 Å². The van der Waals surface area contributed by atoms with Crippen molar-refractivity contribution in [3.05, 3.63) is 11.4 Å². The van der Waals surface area contributed by atoms with Crippen molar-refractivity contribution in [2.75, 3.05) is 35.7 Å². The highest BCUT2D eigenvalue weighted by atomic mass is 32.2. The fraction of sp³-hybridized carbons (Fsp3) is 0.733. The molecule has 0 aromatic carbocycles. The summed E-state index contributed by atoms with van der Waals surface area (Å²) in [5.74, 6) is 3.42. The quantitative estimate of drug-likeness (QED) is 0.650. The molecule has 2 N–H and O–H groups in total. The van der Waals surface area contributed by atoms with Gasteiger partial charge in [-0.1, -0.05) is 13.8 Å². The van der Waals surface area contributed by atoms with E-state index in [0.29, 0.717) is 0 Å². The lowest BCUT2D eigenvalue weighted by molar-refractivity contribution is 0.685. The summed E-state index contributed by atoms with van der Waals surface area (Å²) in [5, 5.41) is 6.73. The Hall–Kier alpha value is -1.17. The largest absolute Gasteiger partial charge is 0.370 e. The molecule has 5 nitrogen and oxygen atoms in total. The molecule has 120 valence electrons. The molecule has 1 rings (SSSR count). The van der Waals surface area contributed by atoms with E-state index in [2.05, 4.69) is 34.4 Å². The van der Waals surface area contributed by atoms with E-state index in [1.807, 2.05) is 6.92 Å². The number of hydrogen-bond acceptors (Lipinski definition) is 5. The van der Waals surface area contributed by atoms with Crippen LogP contribution in [0.15, 0.2) is 0 Å². The van der Waals surface area contributed by atoms with Gasteiger partial charge >= 0.3 is 0 Å². The first-order chi connectivity index (χ1) is 10.1. The molecule has 0 amide bonds. The highest BCUT2D eigenvalue weighted by Crippen LogP contribution is 2.20. The van der Waals surface area contributed by atoms with Gasteiger partial charge in [-0.05, 0) is 26.2 Å².